The van der Waals surface area contributed by atoms with Gasteiger partial charge >= 0.3 is 0 Å². The molecule has 7 nitrogen and oxygen atoms in total. The summed E-state index contributed by atoms with van der Waals surface area (Å²) in [6.07, 6.45) is 6.62. The van der Waals surface area contributed by atoms with Crippen molar-refractivity contribution >= 4 is 0 Å². The number of aromatic nitrogens is 4. The molecule has 3 heterocycles. The Morgan fingerprint density at radius 2 is 2.22 bits per heavy atom. The van der Waals surface area contributed by atoms with Gasteiger partial charge < -0.3 is 4.52 Å². The van der Waals surface area contributed by atoms with Crippen molar-refractivity contribution in [1.82, 2.24) is 29.7 Å². The van der Waals surface area contributed by atoms with E-state index in [9.17, 15) is 0 Å². The minimum atomic E-state index is 0.423. The van der Waals surface area contributed by atoms with Gasteiger partial charge in [-0.2, -0.15) is 10.1 Å². The van der Waals surface area contributed by atoms with Crippen LogP contribution >= 0.6 is 0 Å². The number of hydrogen-bond donors (Lipinski definition) is 0. The zero-order valence-corrected chi connectivity index (χ0v) is 14.4. The quantitative estimate of drug-likeness (QED) is 0.835. The Balaban J connectivity index is 1.68. The van der Waals surface area contributed by atoms with E-state index in [-0.39, 0.29) is 0 Å². The van der Waals surface area contributed by atoms with Gasteiger partial charge in [0.2, 0.25) is 5.89 Å². The monoisotopic (exact) mass is 318 g/mol. The minimum Gasteiger partial charge on any atom is -0.340 e. The molecular weight excluding hydrogens is 292 g/mol. The summed E-state index contributed by atoms with van der Waals surface area (Å²) in [5.41, 5.74) is 1.31. The third-order valence-electron chi connectivity index (χ3n) is 4.60. The molecule has 0 N–H and O–H groups in total. The maximum absolute atomic E-state index is 5.06. The summed E-state index contributed by atoms with van der Waals surface area (Å²) in [5.74, 6) is 1.96. The molecule has 1 fully saturated rings. The maximum Gasteiger partial charge on any atom is 0.223 e. The fourth-order valence-electron chi connectivity index (χ4n) is 3.68. The highest BCUT2D eigenvalue weighted by atomic mass is 16.5. The van der Waals surface area contributed by atoms with Crippen LogP contribution in [0.2, 0.25) is 0 Å². The van der Waals surface area contributed by atoms with Crippen LogP contribution in [0.4, 0.5) is 0 Å². The molecule has 1 saturated heterocycles. The second-order valence-electron chi connectivity index (χ2n) is 6.70. The van der Waals surface area contributed by atoms with E-state index in [0.717, 1.165) is 25.5 Å². The molecule has 0 spiro atoms. The van der Waals surface area contributed by atoms with Crippen LogP contribution in [0, 0.1) is 12.8 Å². The predicted octanol–water partition coefficient (Wildman–Crippen LogP) is 1.63. The van der Waals surface area contributed by atoms with Crippen molar-refractivity contribution in [3.8, 4) is 0 Å². The SMILES string of the molecule is Cc1nc(CN(C)C[C@@H]2CCCN(C)[C@H]2c2cnn(C)c2)no1. The lowest BCUT2D eigenvalue weighted by Gasteiger charge is -2.40. The molecule has 3 rings (SSSR count). The second kappa shape index (κ2) is 6.80. The first-order chi connectivity index (χ1) is 11.0. The van der Waals surface area contributed by atoms with E-state index in [2.05, 4.69) is 45.3 Å². The molecule has 7 heteroatoms. The Labute approximate surface area is 137 Å². The smallest absolute Gasteiger partial charge is 0.223 e. The number of piperidine rings is 1. The molecule has 0 aromatic carbocycles. The molecule has 2 aromatic rings. The lowest BCUT2D eigenvalue weighted by molar-refractivity contribution is 0.0917. The van der Waals surface area contributed by atoms with Crippen molar-refractivity contribution < 1.29 is 4.52 Å². The molecule has 0 saturated carbocycles. The van der Waals surface area contributed by atoms with Crippen molar-refractivity contribution in [1.29, 1.82) is 0 Å². The Hall–Kier alpha value is -1.73. The zero-order valence-electron chi connectivity index (χ0n) is 14.4. The van der Waals surface area contributed by atoms with Gasteiger partial charge in [-0.1, -0.05) is 5.16 Å². The number of nitrogens with zero attached hydrogens (tertiary/aromatic N) is 6. The van der Waals surface area contributed by atoms with Gasteiger partial charge in [0.1, 0.15) is 0 Å². The molecule has 1 aliphatic rings. The fraction of sp³-hybridized carbons (Fsp3) is 0.688. The van der Waals surface area contributed by atoms with E-state index in [1.807, 2.05) is 24.9 Å². The van der Waals surface area contributed by atoms with E-state index in [4.69, 9.17) is 4.52 Å². The van der Waals surface area contributed by atoms with Crippen LogP contribution in [0.5, 0.6) is 0 Å². The molecule has 2 aromatic heterocycles. The van der Waals surface area contributed by atoms with E-state index >= 15 is 0 Å². The van der Waals surface area contributed by atoms with Gasteiger partial charge in [-0.25, -0.2) is 0 Å². The van der Waals surface area contributed by atoms with Gasteiger partial charge in [-0.3, -0.25) is 14.5 Å². The Morgan fingerprint density at radius 3 is 2.87 bits per heavy atom. The molecule has 2 atom stereocenters. The first-order valence-corrected chi connectivity index (χ1v) is 8.19. The summed E-state index contributed by atoms with van der Waals surface area (Å²) < 4.78 is 6.95. The molecular formula is C16H26N6O. The average Bonchev–Trinajstić information content (AvgIpc) is 3.08. The summed E-state index contributed by atoms with van der Waals surface area (Å²) in [6.45, 7) is 4.70. The summed E-state index contributed by atoms with van der Waals surface area (Å²) in [7, 11) is 6.32. The van der Waals surface area contributed by atoms with Crippen molar-refractivity contribution in [3.63, 3.8) is 0 Å². The van der Waals surface area contributed by atoms with Gasteiger partial charge in [-0.05, 0) is 39.4 Å². The fourth-order valence-corrected chi connectivity index (χ4v) is 3.68. The van der Waals surface area contributed by atoms with Gasteiger partial charge in [0.25, 0.3) is 0 Å². The molecule has 1 aliphatic heterocycles. The summed E-state index contributed by atoms with van der Waals surface area (Å²) in [6, 6.07) is 0.423. The van der Waals surface area contributed by atoms with Gasteiger partial charge in [-0.15, -0.1) is 0 Å². The van der Waals surface area contributed by atoms with Gasteiger partial charge in [0.15, 0.2) is 5.82 Å². The first kappa shape index (κ1) is 16.1. The van der Waals surface area contributed by atoms with Crippen LogP contribution in [0.3, 0.4) is 0 Å². The third-order valence-corrected chi connectivity index (χ3v) is 4.60. The molecule has 0 unspecified atom stereocenters. The number of rotatable bonds is 5. The van der Waals surface area contributed by atoms with Crippen LogP contribution in [-0.2, 0) is 13.6 Å². The van der Waals surface area contributed by atoms with Crippen LogP contribution in [-0.4, -0.2) is 56.9 Å². The molecule has 126 valence electrons. The summed E-state index contributed by atoms with van der Waals surface area (Å²) in [5, 5.41) is 8.35. The second-order valence-corrected chi connectivity index (χ2v) is 6.70. The molecule has 0 amide bonds. The zero-order chi connectivity index (χ0) is 16.4. The topological polar surface area (TPSA) is 63.2 Å². The number of hydrogen-bond acceptors (Lipinski definition) is 6. The first-order valence-electron chi connectivity index (χ1n) is 8.19. The van der Waals surface area contributed by atoms with Crippen LogP contribution in [0.1, 0.15) is 36.2 Å². The summed E-state index contributed by atoms with van der Waals surface area (Å²) >= 11 is 0. The van der Waals surface area contributed by atoms with Crippen LogP contribution in [0.15, 0.2) is 16.9 Å². The van der Waals surface area contributed by atoms with Crippen LogP contribution < -0.4 is 0 Å². The van der Waals surface area contributed by atoms with E-state index in [0.29, 0.717) is 17.9 Å². The Kier molecular flexibility index (Phi) is 4.77. The van der Waals surface area contributed by atoms with Crippen molar-refractivity contribution in [3.05, 3.63) is 29.7 Å². The van der Waals surface area contributed by atoms with Crippen LogP contribution in [0.25, 0.3) is 0 Å². The van der Waals surface area contributed by atoms with E-state index in [1.165, 1.54) is 18.4 Å². The number of aryl methyl sites for hydroxylation is 2. The highest BCUT2D eigenvalue weighted by Gasteiger charge is 2.32. The molecule has 23 heavy (non-hydrogen) atoms. The highest BCUT2D eigenvalue weighted by Crippen LogP contribution is 2.35. The predicted molar refractivity (Wildman–Crippen MR) is 86.7 cm³/mol. The highest BCUT2D eigenvalue weighted by molar-refractivity contribution is 5.13. The normalized spacial score (nSPS) is 22.8. The standard InChI is InChI=1S/C16H26N6O/c1-12-18-15(19-23-12)11-20(2)9-13-6-5-7-21(3)16(13)14-8-17-22(4)10-14/h8,10,13,16H,5-7,9,11H2,1-4H3/t13-,16+/m0/s1. The van der Waals surface area contributed by atoms with Crippen molar-refractivity contribution in [2.45, 2.75) is 32.4 Å². The lowest BCUT2D eigenvalue weighted by atomic mass is 9.86. The Morgan fingerprint density at radius 1 is 1.39 bits per heavy atom. The number of likely N-dealkylation sites (tertiary alicyclic amines) is 1. The molecule has 0 bridgehead atoms. The van der Waals surface area contributed by atoms with E-state index in [1.54, 1.807) is 0 Å². The molecule has 0 radical (unpaired) electrons. The minimum absolute atomic E-state index is 0.423. The largest absolute Gasteiger partial charge is 0.340 e. The van der Waals surface area contributed by atoms with E-state index < -0.39 is 0 Å². The van der Waals surface area contributed by atoms with Gasteiger partial charge in [0, 0.05) is 38.3 Å². The van der Waals surface area contributed by atoms with Gasteiger partial charge in [0.05, 0.1) is 12.7 Å². The lowest BCUT2D eigenvalue weighted by Crippen LogP contribution is -2.40. The van der Waals surface area contributed by atoms with Crippen molar-refractivity contribution in [2.24, 2.45) is 13.0 Å². The average molecular weight is 318 g/mol. The molecule has 0 aliphatic carbocycles. The maximum atomic E-state index is 5.06. The van der Waals surface area contributed by atoms with Crippen molar-refractivity contribution in [2.75, 3.05) is 27.2 Å². The summed E-state index contributed by atoms with van der Waals surface area (Å²) in [4.78, 5) is 9.04. The Bertz CT molecular complexity index is 636. The third kappa shape index (κ3) is 3.79.